The summed E-state index contributed by atoms with van der Waals surface area (Å²) in [5.74, 6) is 0.630. The zero-order valence-corrected chi connectivity index (χ0v) is 17.1. The van der Waals surface area contributed by atoms with Gasteiger partial charge in [-0.1, -0.05) is 18.2 Å². The van der Waals surface area contributed by atoms with Crippen molar-refractivity contribution in [2.24, 2.45) is 0 Å². The molecule has 0 aliphatic carbocycles. The molecule has 1 amide bonds. The Kier molecular flexibility index (Phi) is 7.83. The van der Waals surface area contributed by atoms with E-state index in [0.717, 1.165) is 11.3 Å². The Labute approximate surface area is 166 Å². The second kappa shape index (κ2) is 10.1. The maximum absolute atomic E-state index is 12.8. The molecule has 28 heavy (non-hydrogen) atoms. The number of aryl methyl sites for hydroxylation is 1. The molecule has 0 saturated heterocycles. The first-order chi connectivity index (χ1) is 13.4. The Morgan fingerprint density at radius 1 is 1.11 bits per heavy atom. The lowest BCUT2D eigenvalue weighted by molar-refractivity contribution is 0.0963. The van der Waals surface area contributed by atoms with E-state index >= 15 is 0 Å². The van der Waals surface area contributed by atoms with Crippen LogP contribution in [0.3, 0.4) is 0 Å². The maximum atomic E-state index is 12.8. The number of amides is 1. The summed E-state index contributed by atoms with van der Waals surface area (Å²) in [6.45, 7) is 2.33. The Morgan fingerprint density at radius 3 is 2.54 bits per heavy atom. The quantitative estimate of drug-likeness (QED) is 0.591. The third-order valence-electron chi connectivity index (χ3n) is 4.13. The molecule has 0 atom stereocenters. The number of hydrogen-bond acceptors (Lipinski definition) is 5. The Morgan fingerprint density at radius 2 is 1.86 bits per heavy atom. The molecule has 0 aliphatic rings. The fraction of sp³-hybridized carbons (Fsp3) is 0.350. The molecule has 7 nitrogen and oxygen atoms in total. The molecule has 2 N–H and O–H groups in total. The van der Waals surface area contributed by atoms with E-state index in [1.165, 1.54) is 25.2 Å². The van der Waals surface area contributed by atoms with Gasteiger partial charge in [-0.05, 0) is 49.6 Å². The third kappa shape index (κ3) is 5.46. The van der Waals surface area contributed by atoms with E-state index in [4.69, 9.17) is 9.47 Å². The van der Waals surface area contributed by atoms with Crippen LogP contribution in [0.25, 0.3) is 0 Å². The van der Waals surface area contributed by atoms with E-state index < -0.39 is 10.0 Å². The van der Waals surface area contributed by atoms with Crippen LogP contribution in [0, 0.1) is 0 Å². The van der Waals surface area contributed by atoms with Gasteiger partial charge in [-0.3, -0.25) is 4.79 Å². The highest BCUT2D eigenvalue weighted by molar-refractivity contribution is 7.89. The summed E-state index contributed by atoms with van der Waals surface area (Å²) in [6.07, 6.45) is 1.27. The van der Waals surface area contributed by atoms with Crippen LogP contribution in [-0.2, 0) is 16.4 Å². The molecule has 152 valence electrons. The zero-order chi connectivity index (χ0) is 20.6. The molecule has 0 unspecified atom stereocenters. The summed E-state index contributed by atoms with van der Waals surface area (Å²) >= 11 is 0. The number of rotatable bonds is 10. The first kappa shape index (κ1) is 21.7. The van der Waals surface area contributed by atoms with Gasteiger partial charge in [-0.2, -0.15) is 0 Å². The highest BCUT2D eigenvalue weighted by Crippen LogP contribution is 2.25. The van der Waals surface area contributed by atoms with Gasteiger partial charge in [0.05, 0.1) is 13.7 Å². The van der Waals surface area contributed by atoms with Gasteiger partial charge < -0.3 is 14.8 Å². The SMILES string of the molecule is CCOc1ccc(C(=O)NC)cc1S(=O)(=O)NCCCc1ccccc1OC. The molecule has 0 spiro atoms. The van der Waals surface area contributed by atoms with Crippen molar-refractivity contribution in [3.8, 4) is 11.5 Å². The summed E-state index contributed by atoms with van der Waals surface area (Å²) < 4.78 is 38.9. The van der Waals surface area contributed by atoms with Gasteiger partial charge in [-0.25, -0.2) is 13.1 Å². The van der Waals surface area contributed by atoms with Crippen LogP contribution in [0.2, 0.25) is 0 Å². The van der Waals surface area contributed by atoms with Gasteiger partial charge in [0.2, 0.25) is 10.0 Å². The van der Waals surface area contributed by atoms with E-state index in [-0.39, 0.29) is 28.7 Å². The van der Waals surface area contributed by atoms with E-state index in [1.54, 1.807) is 14.0 Å². The largest absolute Gasteiger partial charge is 0.496 e. The second-order valence-corrected chi connectivity index (χ2v) is 7.72. The number of benzene rings is 2. The lowest BCUT2D eigenvalue weighted by Crippen LogP contribution is -2.26. The third-order valence-corrected chi connectivity index (χ3v) is 5.61. The molecule has 0 fully saturated rings. The fourth-order valence-corrected chi connectivity index (χ4v) is 3.99. The van der Waals surface area contributed by atoms with E-state index in [0.29, 0.717) is 19.4 Å². The average molecular weight is 407 g/mol. The predicted molar refractivity (Wildman–Crippen MR) is 108 cm³/mol. The van der Waals surface area contributed by atoms with E-state index in [1.807, 2.05) is 24.3 Å². The van der Waals surface area contributed by atoms with Crippen molar-refractivity contribution in [2.45, 2.75) is 24.7 Å². The van der Waals surface area contributed by atoms with Crippen molar-refractivity contribution in [1.29, 1.82) is 0 Å². The molecule has 0 heterocycles. The molecule has 0 saturated carbocycles. The Balaban J connectivity index is 2.11. The number of sulfonamides is 1. The summed E-state index contributed by atoms with van der Waals surface area (Å²) in [5, 5.41) is 2.49. The summed E-state index contributed by atoms with van der Waals surface area (Å²) in [4.78, 5) is 11.8. The first-order valence-corrected chi connectivity index (χ1v) is 10.5. The number of ether oxygens (including phenoxy) is 2. The smallest absolute Gasteiger partial charge is 0.251 e. The summed E-state index contributed by atoms with van der Waals surface area (Å²) in [6, 6.07) is 12.0. The van der Waals surface area contributed by atoms with Crippen LogP contribution < -0.4 is 19.5 Å². The number of carbonyl (C=O) groups is 1. The topological polar surface area (TPSA) is 93.7 Å². The van der Waals surface area contributed by atoms with Crippen LogP contribution in [0.4, 0.5) is 0 Å². The molecule has 2 aromatic rings. The summed E-state index contributed by atoms with van der Waals surface area (Å²) in [5.41, 5.74) is 1.26. The van der Waals surface area contributed by atoms with Crippen LogP contribution in [-0.4, -0.2) is 41.6 Å². The molecule has 0 aliphatic heterocycles. The molecular weight excluding hydrogens is 380 g/mol. The van der Waals surface area contributed by atoms with Gasteiger partial charge in [0.1, 0.15) is 16.4 Å². The van der Waals surface area contributed by atoms with Crippen LogP contribution in [0.15, 0.2) is 47.4 Å². The maximum Gasteiger partial charge on any atom is 0.251 e. The lowest BCUT2D eigenvalue weighted by Gasteiger charge is -2.13. The molecule has 0 bridgehead atoms. The molecule has 2 rings (SSSR count). The van der Waals surface area contributed by atoms with Crippen LogP contribution in [0.5, 0.6) is 11.5 Å². The first-order valence-electron chi connectivity index (χ1n) is 9.03. The van der Waals surface area contributed by atoms with Gasteiger partial charge in [0.25, 0.3) is 5.91 Å². The lowest BCUT2D eigenvalue weighted by atomic mass is 10.1. The van der Waals surface area contributed by atoms with E-state index in [9.17, 15) is 13.2 Å². The van der Waals surface area contributed by atoms with Crippen LogP contribution in [0.1, 0.15) is 29.3 Å². The van der Waals surface area contributed by atoms with Crippen molar-refractivity contribution in [2.75, 3.05) is 27.3 Å². The van der Waals surface area contributed by atoms with Gasteiger partial charge in [0, 0.05) is 19.2 Å². The normalized spacial score (nSPS) is 11.1. The monoisotopic (exact) mass is 406 g/mol. The zero-order valence-electron chi connectivity index (χ0n) is 16.3. The number of hydrogen-bond donors (Lipinski definition) is 2. The number of carbonyl (C=O) groups excluding carboxylic acids is 1. The Bertz CT molecular complexity index is 913. The minimum absolute atomic E-state index is 0.0484. The highest BCUT2D eigenvalue weighted by atomic mass is 32.2. The number of para-hydroxylation sites is 1. The Hall–Kier alpha value is -2.58. The van der Waals surface area contributed by atoms with Crippen LogP contribution >= 0.6 is 0 Å². The molecule has 2 aromatic carbocycles. The molecule has 0 aromatic heterocycles. The number of nitrogens with one attached hydrogen (secondary N) is 2. The second-order valence-electron chi connectivity index (χ2n) is 5.99. The minimum atomic E-state index is -3.83. The van der Waals surface area contributed by atoms with E-state index in [2.05, 4.69) is 10.0 Å². The highest BCUT2D eigenvalue weighted by Gasteiger charge is 2.21. The van der Waals surface area contributed by atoms with Crippen molar-refractivity contribution < 1.29 is 22.7 Å². The minimum Gasteiger partial charge on any atom is -0.496 e. The van der Waals surface area contributed by atoms with Crippen molar-refractivity contribution in [1.82, 2.24) is 10.0 Å². The van der Waals surface area contributed by atoms with Gasteiger partial charge in [-0.15, -0.1) is 0 Å². The van der Waals surface area contributed by atoms with Crippen molar-refractivity contribution >= 4 is 15.9 Å². The van der Waals surface area contributed by atoms with Gasteiger partial charge in [0.15, 0.2) is 0 Å². The van der Waals surface area contributed by atoms with Crippen molar-refractivity contribution in [3.05, 3.63) is 53.6 Å². The molecule has 8 heteroatoms. The predicted octanol–water partition coefficient (Wildman–Crippen LogP) is 2.36. The molecule has 0 radical (unpaired) electrons. The fourth-order valence-electron chi connectivity index (χ4n) is 2.75. The van der Waals surface area contributed by atoms with Gasteiger partial charge >= 0.3 is 0 Å². The van der Waals surface area contributed by atoms with Crippen molar-refractivity contribution in [3.63, 3.8) is 0 Å². The molecular formula is C20H26N2O5S. The number of methoxy groups -OCH3 is 1. The standard InChI is InChI=1S/C20H26N2O5S/c1-4-27-18-12-11-16(20(23)21-2)14-19(18)28(24,25)22-13-7-9-15-8-5-6-10-17(15)26-3/h5-6,8,10-12,14,22H,4,7,9,13H2,1-3H3,(H,21,23). The summed E-state index contributed by atoms with van der Waals surface area (Å²) in [7, 11) is -0.737. The average Bonchev–Trinajstić information content (AvgIpc) is 2.71.